The Hall–Kier alpha value is -1.10. The van der Waals surface area contributed by atoms with Crippen LogP contribution >= 0.6 is 0 Å². The molecule has 0 heterocycles. The lowest BCUT2D eigenvalue weighted by molar-refractivity contribution is 0.0162. The highest BCUT2D eigenvalue weighted by Crippen LogP contribution is 2.23. The minimum absolute atomic E-state index is 0.263. The van der Waals surface area contributed by atoms with E-state index in [2.05, 4.69) is 18.3 Å². The maximum atomic E-state index is 9.75. The molecule has 0 aliphatic heterocycles. The second-order valence-corrected chi connectivity index (χ2v) is 5.39. The molecule has 0 amide bonds. The van der Waals surface area contributed by atoms with Gasteiger partial charge in [0.05, 0.1) is 6.61 Å². The second-order valence-electron chi connectivity index (χ2n) is 5.39. The van der Waals surface area contributed by atoms with Crippen LogP contribution in [-0.4, -0.2) is 37.1 Å². The number of aliphatic hydroxyl groups excluding tert-OH is 1. The van der Waals surface area contributed by atoms with E-state index in [4.69, 9.17) is 9.47 Å². The largest absolute Gasteiger partial charge is 0.490 e. The molecule has 1 aliphatic carbocycles. The molecule has 1 saturated carbocycles. The first-order valence-corrected chi connectivity index (χ1v) is 7.40. The minimum Gasteiger partial charge on any atom is -0.490 e. The van der Waals surface area contributed by atoms with Crippen LogP contribution < -0.4 is 10.1 Å². The number of aliphatic hydroxyl groups is 1. The molecular formula is C16H25NO3. The molecule has 0 radical (unpaired) electrons. The molecule has 1 atom stereocenters. The van der Waals surface area contributed by atoms with Crippen LogP contribution in [0.1, 0.15) is 30.9 Å². The summed E-state index contributed by atoms with van der Waals surface area (Å²) < 4.78 is 10.9. The van der Waals surface area contributed by atoms with Crippen molar-refractivity contribution >= 4 is 0 Å². The van der Waals surface area contributed by atoms with E-state index < -0.39 is 6.10 Å². The van der Waals surface area contributed by atoms with Gasteiger partial charge >= 0.3 is 0 Å². The lowest BCUT2D eigenvalue weighted by atomic mass is 10.1. The average molecular weight is 279 g/mol. The van der Waals surface area contributed by atoms with Gasteiger partial charge in [0.15, 0.2) is 0 Å². The molecular weight excluding hydrogens is 254 g/mol. The molecule has 1 fully saturated rings. The van der Waals surface area contributed by atoms with Crippen molar-refractivity contribution in [1.29, 1.82) is 0 Å². The lowest BCUT2D eigenvalue weighted by Gasteiger charge is -2.16. The fourth-order valence-electron chi connectivity index (χ4n) is 2.02. The predicted molar refractivity (Wildman–Crippen MR) is 79.0 cm³/mol. The van der Waals surface area contributed by atoms with E-state index in [1.807, 2.05) is 19.1 Å². The maximum Gasteiger partial charge on any atom is 0.123 e. The van der Waals surface area contributed by atoms with E-state index in [-0.39, 0.29) is 6.61 Å². The quantitative estimate of drug-likeness (QED) is 0.726. The van der Waals surface area contributed by atoms with Crippen LogP contribution in [0.25, 0.3) is 0 Å². The minimum atomic E-state index is -0.583. The molecule has 0 spiro atoms. The Balaban J connectivity index is 1.87. The van der Waals surface area contributed by atoms with E-state index in [9.17, 15) is 5.11 Å². The van der Waals surface area contributed by atoms with Gasteiger partial charge in [-0.05, 0) is 32.8 Å². The second kappa shape index (κ2) is 7.62. The standard InChI is InChI=1S/C16H25NO3/c1-3-19-10-15(18)11-20-16-7-4-12(2)8-13(16)9-17-14-5-6-14/h4,7-8,14-15,17-18H,3,5-6,9-11H2,1-2H3. The normalized spacial score (nSPS) is 16.1. The molecule has 0 bridgehead atoms. The first-order valence-electron chi connectivity index (χ1n) is 7.40. The number of ether oxygens (including phenoxy) is 2. The summed E-state index contributed by atoms with van der Waals surface area (Å²) in [6.45, 7) is 6.00. The highest BCUT2D eigenvalue weighted by Gasteiger charge is 2.20. The number of hydrogen-bond donors (Lipinski definition) is 2. The van der Waals surface area contributed by atoms with E-state index in [1.54, 1.807) is 0 Å². The Kier molecular flexibility index (Phi) is 5.83. The molecule has 2 N–H and O–H groups in total. The monoisotopic (exact) mass is 279 g/mol. The predicted octanol–water partition coefficient (Wildman–Crippen LogP) is 2.02. The number of rotatable bonds is 9. The van der Waals surface area contributed by atoms with Crippen molar-refractivity contribution < 1.29 is 14.6 Å². The Morgan fingerprint density at radius 3 is 2.85 bits per heavy atom. The first-order chi connectivity index (χ1) is 9.69. The molecule has 1 aromatic rings. The molecule has 2 rings (SSSR count). The summed E-state index contributed by atoms with van der Waals surface area (Å²) in [5, 5.41) is 13.2. The summed E-state index contributed by atoms with van der Waals surface area (Å²) in [5.41, 5.74) is 2.38. The highest BCUT2D eigenvalue weighted by atomic mass is 16.5. The van der Waals surface area contributed by atoms with Crippen LogP contribution in [0.15, 0.2) is 18.2 Å². The van der Waals surface area contributed by atoms with Gasteiger partial charge in [-0.25, -0.2) is 0 Å². The fourth-order valence-corrected chi connectivity index (χ4v) is 2.02. The van der Waals surface area contributed by atoms with Crippen LogP contribution in [-0.2, 0) is 11.3 Å². The van der Waals surface area contributed by atoms with Crippen LogP contribution in [0.5, 0.6) is 5.75 Å². The van der Waals surface area contributed by atoms with Gasteiger partial charge in [-0.1, -0.05) is 17.7 Å². The van der Waals surface area contributed by atoms with E-state index >= 15 is 0 Å². The average Bonchev–Trinajstić information content (AvgIpc) is 3.26. The van der Waals surface area contributed by atoms with Crippen molar-refractivity contribution in [2.45, 2.75) is 45.4 Å². The van der Waals surface area contributed by atoms with Gasteiger partial charge in [-0.2, -0.15) is 0 Å². The van der Waals surface area contributed by atoms with Crippen LogP contribution in [0.2, 0.25) is 0 Å². The van der Waals surface area contributed by atoms with Crippen molar-refractivity contribution in [3.05, 3.63) is 29.3 Å². The van der Waals surface area contributed by atoms with Gasteiger partial charge in [-0.3, -0.25) is 0 Å². The molecule has 1 aliphatic rings. The number of hydrogen-bond acceptors (Lipinski definition) is 4. The molecule has 4 heteroatoms. The summed E-state index contributed by atoms with van der Waals surface area (Å²) in [7, 11) is 0. The molecule has 0 aromatic heterocycles. The van der Waals surface area contributed by atoms with Gasteiger partial charge in [0.1, 0.15) is 18.5 Å². The summed E-state index contributed by atoms with van der Waals surface area (Å²) >= 11 is 0. The van der Waals surface area contributed by atoms with Crippen molar-refractivity contribution in [3.8, 4) is 5.75 Å². The maximum absolute atomic E-state index is 9.75. The third-order valence-corrected chi connectivity index (χ3v) is 3.32. The van der Waals surface area contributed by atoms with E-state index in [1.165, 1.54) is 18.4 Å². The number of aryl methyl sites for hydroxylation is 1. The highest BCUT2D eigenvalue weighted by molar-refractivity contribution is 5.37. The van der Waals surface area contributed by atoms with E-state index in [0.29, 0.717) is 19.3 Å². The van der Waals surface area contributed by atoms with Crippen LogP contribution in [0.4, 0.5) is 0 Å². The summed E-state index contributed by atoms with van der Waals surface area (Å²) in [6.07, 6.45) is 1.96. The molecule has 1 aromatic carbocycles. The van der Waals surface area contributed by atoms with Crippen molar-refractivity contribution in [2.24, 2.45) is 0 Å². The smallest absolute Gasteiger partial charge is 0.123 e. The molecule has 112 valence electrons. The third kappa shape index (κ3) is 5.12. The zero-order valence-electron chi connectivity index (χ0n) is 12.4. The fraction of sp³-hybridized carbons (Fsp3) is 0.625. The molecule has 4 nitrogen and oxygen atoms in total. The van der Waals surface area contributed by atoms with Crippen molar-refractivity contribution in [3.63, 3.8) is 0 Å². The topological polar surface area (TPSA) is 50.7 Å². The van der Waals surface area contributed by atoms with Crippen LogP contribution in [0.3, 0.4) is 0 Å². The van der Waals surface area contributed by atoms with Gasteiger partial charge in [0.25, 0.3) is 0 Å². The molecule has 0 saturated heterocycles. The molecule has 1 unspecified atom stereocenters. The summed E-state index contributed by atoms with van der Waals surface area (Å²) in [5.74, 6) is 0.847. The third-order valence-electron chi connectivity index (χ3n) is 3.32. The SMILES string of the molecule is CCOCC(O)COc1ccc(C)cc1CNC1CC1. The Labute approximate surface area is 121 Å². The first kappa shape index (κ1) is 15.3. The van der Waals surface area contributed by atoms with Crippen molar-refractivity contribution in [1.82, 2.24) is 5.32 Å². The van der Waals surface area contributed by atoms with Crippen LogP contribution in [0, 0.1) is 6.92 Å². The molecule has 20 heavy (non-hydrogen) atoms. The number of benzene rings is 1. The Morgan fingerprint density at radius 2 is 2.15 bits per heavy atom. The Bertz CT molecular complexity index is 418. The van der Waals surface area contributed by atoms with Crippen molar-refractivity contribution in [2.75, 3.05) is 19.8 Å². The van der Waals surface area contributed by atoms with E-state index in [0.717, 1.165) is 17.9 Å². The Morgan fingerprint density at radius 1 is 1.35 bits per heavy atom. The van der Waals surface area contributed by atoms with Gasteiger partial charge in [0, 0.05) is 24.8 Å². The summed E-state index contributed by atoms with van der Waals surface area (Å²) in [4.78, 5) is 0. The summed E-state index contributed by atoms with van der Waals surface area (Å²) in [6, 6.07) is 6.82. The van der Waals surface area contributed by atoms with Gasteiger partial charge < -0.3 is 19.9 Å². The zero-order chi connectivity index (χ0) is 14.4. The lowest BCUT2D eigenvalue weighted by Crippen LogP contribution is -2.24. The van der Waals surface area contributed by atoms with Gasteiger partial charge in [0.2, 0.25) is 0 Å². The number of nitrogens with one attached hydrogen (secondary N) is 1. The van der Waals surface area contributed by atoms with Gasteiger partial charge in [-0.15, -0.1) is 0 Å². The zero-order valence-corrected chi connectivity index (χ0v) is 12.4.